The normalized spacial score (nSPS) is 14.5. The van der Waals surface area contributed by atoms with Crippen LogP contribution in [0.2, 0.25) is 0 Å². The highest BCUT2D eigenvalue weighted by Gasteiger charge is 2.38. The molecule has 1 aliphatic rings. The number of aromatic nitrogens is 5. The number of rotatable bonds is 5. The lowest BCUT2D eigenvalue weighted by Gasteiger charge is -2.42. The molecule has 9 aromatic carbocycles. The number of hydrogen-bond acceptors (Lipinski definition) is 3. The zero-order valence-corrected chi connectivity index (χ0v) is 37.5. The molecule has 316 valence electrons. The fourth-order valence-corrected chi connectivity index (χ4v) is 11.1. The van der Waals surface area contributed by atoms with E-state index in [1.807, 2.05) is 6.07 Å². The molecule has 13 rings (SSSR count). The monoisotopic (exact) mass is 849 g/mol. The van der Waals surface area contributed by atoms with E-state index >= 15 is 0 Å². The van der Waals surface area contributed by atoms with Gasteiger partial charge in [-0.05, 0) is 110 Å². The van der Waals surface area contributed by atoms with Crippen molar-refractivity contribution < 1.29 is 0 Å². The van der Waals surface area contributed by atoms with Crippen molar-refractivity contribution in [1.29, 1.82) is 0 Å². The van der Waals surface area contributed by atoms with E-state index in [9.17, 15) is 0 Å². The van der Waals surface area contributed by atoms with Crippen molar-refractivity contribution >= 4 is 65.2 Å². The van der Waals surface area contributed by atoms with E-state index in [-0.39, 0.29) is 10.8 Å². The maximum absolute atomic E-state index is 5.48. The Morgan fingerprint density at radius 1 is 0.379 bits per heavy atom. The molecule has 0 spiro atoms. The first-order valence-electron chi connectivity index (χ1n) is 23.2. The molecule has 0 amide bonds. The summed E-state index contributed by atoms with van der Waals surface area (Å²) in [5.41, 5.74) is 12.7. The van der Waals surface area contributed by atoms with Crippen LogP contribution in [0.4, 0.5) is 0 Å². The minimum Gasteiger partial charge on any atom is -0.309 e. The Balaban J connectivity index is 1.14. The van der Waals surface area contributed by atoms with Crippen molar-refractivity contribution in [3.63, 3.8) is 0 Å². The summed E-state index contributed by atoms with van der Waals surface area (Å²) in [4.78, 5) is 16.1. The molecule has 0 atom stereocenters. The SMILES string of the molecule is CC1(C)CCC(C)(C)c2cc3c(cc21)c1c2c4c5ccccc5ccc4n(-c4ccccc4)c2ccc1n3-c1nc(-c2ccccc2)nc(-c2ccc(-c3cccc4ccccc34)cc2)n1. The van der Waals surface area contributed by atoms with Crippen LogP contribution in [0, 0.1) is 0 Å². The van der Waals surface area contributed by atoms with Gasteiger partial charge in [-0.25, -0.2) is 4.98 Å². The second-order valence-electron chi connectivity index (χ2n) is 19.5. The summed E-state index contributed by atoms with van der Waals surface area (Å²) in [6.07, 6.45) is 2.24. The maximum atomic E-state index is 5.48. The van der Waals surface area contributed by atoms with Gasteiger partial charge in [-0.3, -0.25) is 4.57 Å². The first-order valence-corrected chi connectivity index (χ1v) is 23.2. The van der Waals surface area contributed by atoms with E-state index < -0.39 is 0 Å². The molecule has 66 heavy (non-hydrogen) atoms. The third kappa shape index (κ3) is 5.82. The van der Waals surface area contributed by atoms with Gasteiger partial charge in [-0.2, -0.15) is 9.97 Å². The number of para-hydroxylation sites is 1. The van der Waals surface area contributed by atoms with Gasteiger partial charge < -0.3 is 4.57 Å². The summed E-state index contributed by atoms with van der Waals surface area (Å²) in [5.74, 6) is 1.86. The molecule has 0 aliphatic heterocycles. The van der Waals surface area contributed by atoms with Crippen LogP contribution < -0.4 is 0 Å². The highest BCUT2D eigenvalue weighted by atomic mass is 15.2. The van der Waals surface area contributed by atoms with Crippen molar-refractivity contribution in [1.82, 2.24) is 24.1 Å². The average molecular weight is 850 g/mol. The summed E-state index contributed by atoms with van der Waals surface area (Å²) in [6.45, 7) is 9.67. The average Bonchev–Trinajstić information content (AvgIpc) is 3.88. The van der Waals surface area contributed by atoms with Gasteiger partial charge in [0.2, 0.25) is 5.95 Å². The molecule has 1 aliphatic carbocycles. The minimum atomic E-state index is -0.0134. The summed E-state index contributed by atoms with van der Waals surface area (Å²) in [6, 6.07) is 68.0. The van der Waals surface area contributed by atoms with Gasteiger partial charge in [-0.1, -0.05) is 173 Å². The van der Waals surface area contributed by atoms with Crippen LogP contribution >= 0.6 is 0 Å². The minimum absolute atomic E-state index is 0.00507. The standard InChI is InChI=1S/C61H47N5/c1-60(2)34-35-61(3,4)49-37-53-47(36-48(49)60)55-51(32-33-52-56(55)54-46-24-14-12-17-39(46)30-31-50(54)65(52)43-21-9-6-10-22-43)66(53)59-63-57(41-18-7-5-8-19-41)62-58(64-59)42-28-26-40(27-29-42)45-25-15-20-38-16-11-13-23-44(38)45/h5-33,36-37H,34-35H2,1-4H3. The van der Waals surface area contributed by atoms with Gasteiger partial charge in [0, 0.05) is 38.4 Å². The van der Waals surface area contributed by atoms with Crippen LogP contribution in [0.25, 0.3) is 111 Å². The van der Waals surface area contributed by atoms with Gasteiger partial charge in [0.1, 0.15) is 0 Å². The largest absolute Gasteiger partial charge is 0.309 e. The summed E-state index contributed by atoms with van der Waals surface area (Å²) >= 11 is 0. The Morgan fingerprint density at radius 3 is 1.61 bits per heavy atom. The predicted octanol–water partition coefficient (Wildman–Crippen LogP) is 15.7. The molecule has 0 fully saturated rings. The topological polar surface area (TPSA) is 48.5 Å². The van der Waals surface area contributed by atoms with Gasteiger partial charge in [0.25, 0.3) is 0 Å². The Kier molecular flexibility index (Phi) is 8.36. The molecule has 0 saturated carbocycles. The second kappa shape index (κ2) is 14.3. The molecule has 0 N–H and O–H groups in total. The number of benzene rings is 9. The quantitative estimate of drug-likeness (QED) is 0.173. The Labute approximate surface area is 383 Å². The van der Waals surface area contributed by atoms with E-state index in [1.54, 1.807) is 0 Å². The molecule has 0 bridgehead atoms. The van der Waals surface area contributed by atoms with E-state index in [1.165, 1.54) is 70.8 Å². The molecular formula is C61H47N5. The predicted molar refractivity (Wildman–Crippen MR) is 275 cm³/mol. The van der Waals surface area contributed by atoms with Crippen LogP contribution in [-0.4, -0.2) is 24.1 Å². The molecule has 0 unspecified atom stereocenters. The Bertz CT molecular complexity index is 3910. The van der Waals surface area contributed by atoms with Crippen LogP contribution in [0.3, 0.4) is 0 Å². The zero-order chi connectivity index (χ0) is 44.3. The molecular weight excluding hydrogens is 803 g/mol. The zero-order valence-electron chi connectivity index (χ0n) is 37.5. The van der Waals surface area contributed by atoms with E-state index in [0.29, 0.717) is 17.6 Å². The highest BCUT2D eigenvalue weighted by Crippen LogP contribution is 2.50. The first kappa shape index (κ1) is 38.6. The lowest BCUT2D eigenvalue weighted by atomic mass is 9.63. The lowest BCUT2D eigenvalue weighted by Crippen LogP contribution is -2.33. The van der Waals surface area contributed by atoms with Crippen molar-refractivity contribution in [2.75, 3.05) is 0 Å². The molecule has 3 heterocycles. The summed E-state index contributed by atoms with van der Waals surface area (Å²) < 4.78 is 4.78. The second-order valence-corrected chi connectivity index (χ2v) is 19.5. The molecule has 12 aromatic rings. The van der Waals surface area contributed by atoms with Gasteiger partial charge in [0.15, 0.2) is 11.6 Å². The van der Waals surface area contributed by atoms with E-state index in [4.69, 9.17) is 15.0 Å². The van der Waals surface area contributed by atoms with Crippen molar-refractivity contribution in [2.24, 2.45) is 0 Å². The van der Waals surface area contributed by atoms with Crippen LogP contribution in [0.1, 0.15) is 51.7 Å². The molecule has 0 radical (unpaired) electrons. The fourth-order valence-electron chi connectivity index (χ4n) is 11.1. The number of nitrogens with zero attached hydrogens (tertiary/aromatic N) is 5. The lowest BCUT2D eigenvalue weighted by molar-refractivity contribution is 0.332. The first-order chi connectivity index (χ1) is 32.2. The third-order valence-electron chi connectivity index (χ3n) is 14.6. The van der Waals surface area contributed by atoms with Crippen molar-refractivity contribution in [3.8, 4) is 45.5 Å². The van der Waals surface area contributed by atoms with E-state index in [2.05, 4.69) is 219 Å². The van der Waals surface area contributed by atoms with Gasteiger partial charge in [0.05, 0.1) is 22.1 Å². The highest BCUT2D eigenvalue weighted by molar-refractivity contribution is 6.33. The smallest absolute Gasteiger partial charge is 0.238 e. The fraction of sp³-hybridized carbons (Fsp3) is 0.131. The Hall–Kier alpha value is -7.89. The molecule has 5 heteroatoms. The number of fused-ring (bicyclic) bond motifs is 11. The van der Waals surface area contributed by atoms with E-state index in [0.717, 1.165) is 46.3 Å². The van der Waals surface area contributed by atoms with Crippen LogP contribution in [0.15, 0.2) is 188 Å². The van der Waals surface area contributed by atoms with Gasteiger partial charge >= 0.3 is 0 Å². The van der Waals surface area contributed by atoms with Crippen LogP contribution in [-0.2, 0) is 10.8 Å². The Morgan fingerprint density at radius 2 is 0.894 bits per heavy atom. The summed E-state index contributed by atoms with van der Waals surface area (Å²) in [5, 5.41) is 9.83. The third-order valence-corrected chi connectivity index (χ3v) is 14.6. The maximum Gasteiger partial charge on any atom is 0.238 e. The van der Waals surface area contributed by atoms with Crippen molar-refractivity contribution in [2.45, 2.75) is 51.4 Å². The van der Waals surface area contributed by atoms with Gasteiger partial charge in [-0.15, -0.1) is 0 Å². The van der Waals surface area contributed by atoms with Crippen LogP contribution in [0.5, 0.6) is 0 Å². The van der Waals surface area contributed by atoms with Crippen molar-refractivity contribution in [3.05, 3.63) is 199 Å². The summed E-state index contributed by atoms with van der Waals surface area (Å²) in [7, 11) is 0. The molecule has 5 nitrogen and oxygen atoms in total. The molecule has 3 aromatic heterocycles. The number of hydrogen-bond donors (Lipinski definition) is 0. The molecule has 0 saturated heterocycles.